The van der Waals surface area contributed by atoms with Crippen molar-refractivity contribution in [3.05, 3.63) is 48.5 Å². The average molecular weight is 314 g/mol. The maximum atomic E-state index is 3.49. The van der Waals surface area contributed by atoms with Gasteiger partial charge in [-0.15, -0.1) is 0 Å². The van der Waals surface area contributed by atoms with E-state index >= 15 is 0 Å². The van der Waals surface area contributed by atoms with Gasteiger partial charge in [0.15, 0.2) is 0 Å². The predicted octanol–water partition coefficient (Wildman–Crippen LogP) is 4.52. The van der Waals surface area contributed by atoms with Gasteiger partial charge in [-0.1, -0.05) is 73.9 Å². The number of anilines is 2. The molecule has 0 atom stereocenters. The van der Waals surface area contributed by atoms with Crippen molar-refractivity contribution < 1.29 is 0 Å². The Morgan fingerprint density at radius 3 is 1.05 bits per heavy atom. The molecule has 1 N–H and O–H groups in total. The molecule has 2 aromatic carbocycles. The van der Waals surface area contributed by atoms with Crippen LogP contribution in [-0.4, -0.2) is 16.1 Å². The minimum absolute atomic E-state index is 1.16. The van der Waals surface area contributed by atoms with Crippen molar-refractivity contribution in [1.29, 1.82) is 0 Å². The molecule has 2 rings (SSSR count). The summed E-state index contributed by atoms with van der Waals surface area (Å²) in [5, 5.41) is 6.50. The Hall–Kier alpha value is -1.33. The van der Waals surface area contributed by atoms with Gasteiger partial charge in [-0.05, 0) is 24.3 Å². The summed E-state index contributed by atoms with van der Waals surface area (Å²) < 4.78 is 0. The summed E-state index contributed by atoms with van der Waals surface area (Å²) >= 11 is 0. The third kappa shape index (κ3) is 4.32. The first kappa shape index (κ1) is 16.1. The van der Waals surface area contributed by atoms with Gasteiger partial charge in [0.05, 0.1) is 16.1 Å². The SMILES string of the molecule is C[Si](C)(C)c1ccc(Nc2ccc([Si](C)(C)C)cc2)cc1. The van der Waals surface area contributed by atoms with Crippen LogP contribution in [0.3, 0.4) is 0 Å². The molecular weight excluding hydrogens is 286 g/mol. The van der Waals surface area contributed by atoms with Crippen molar-refractivity contribution in [2.24, 2.45) is 0 Å². The van der Waals surface area contributed by atoms with Crippen molar-refractivity contribution in [2.45, 2.75) is 39.3 Å². The molecule has 2 aromatic rings. The summed E-state index contributed by atoms with van der Waals surface area (Å²) in [6.07, 6.45) is 0. The van der Waals surface area contributed by atoms with Gasteiger partial charge in [-0.2, -0.15) is 0 Å². The smallest absolute Gasteiger partial charge is 0.0775 e. The lowest BCUT2D eigenvalue weighted by molar-refractivity contribution is 1.55. The summed E-state index contributed by atoms with van der Waals surface area (Å²) in [7, 11) is -2.40. The monoisotopic (exact) mass is 313 g/mol. The molecule has 0 aliphatic carbocycles. The molecular formula is C18H27NSi2. The van der Waals surface area contributed by atoms with Crippen LogP contribution in [0, 0.1) is 0 Å². The third-order valence-corrected chi connectivity index (χ3v) is 7.92. The van der Waals surface area contributed by atoms with E-state index in [1.165, 1.54) is 10.4 Å². The normalized spacial score (nSPS) is 12.3. The topological polar surface area (TPSA) is 12.0 Å². The first-order valence-corrected chi connectivity index (χ1v) is 14.6. The van der Waals surface area contributed by atoms with Crippen LogP contribution in [0.25, 0.3) is 0 Å². The average Bonchev–Trinajstić information content (AvgIpc) is 2.38. The highest BCUT2D eigenvalue weighted by Gasteiger charge is 2.16. The van der Waals surface area contributed by atoms with E-state index in [0.717, 1.165) is 11.4 Å². The Labute approximate surface area is 131 Å². The highest BCUT2D eigenvalue weighted by molar-refractivity contribution is 6.89. The van der Waals surface area contributed by atoms with Crippen LogP contribution in [-0.2, 0) is 0 Å². The van der Waals surface area contributed by atoms with Gasteiger partial charge in [-0.3, -0.25) is 0 Å². The summed E-state index contributed by atoms with van der Waals surface area (Å²) in [6.45, 7) is 14.3. The lowest BCUT2D eigenvalue weighted by Gasteiger charge is -2.18. The van der Waals surface area contributed by atoms with E-state index in [2.05, 4.69) is 93.1 Å². The van der Waals surface area contributed by atoms with Crippen LogP contribution in [0.5, 0.6) is 0 Å². The zero-order chi connectivity index (χ0) is 15.7. The van der Waals surface area contributed by atoms with Gasteiger partial charge >= 0.3 is 0 Å². The molecule has 3 heteroatoms. The van der Waals surface area contributed by atoms with Gasteiger partial charge in [0.2, 0.25) is 0 Å². The van der Waals surface area contributed by atoms with Gasteiger partial charge in [0.1, 0.15) is 0 Å². The Morgan fingerprint density at radius 1 is 0.524 bits per heavy atom. The molecule has 0 saturated heterocycles. The van der Waals surface area contributed by atoms with Crippen molar-refractivity contribution in [1.82, 2.24) is 0 Å². The Morgan fingerprint density at radius 2 is 0.810 bits per heavy atom. The summed E-state index contributed by atoms with van der Waals surface area (Å²) in [5.74, 6) is 0. The van der Waals surface area contributed by atoms with Crippen LogP contribution in [0.2, 0.25) is 39.3 Å². The molecule has 0 amide bonds. The Kier molecular flexibility index (Phi) is 4.44. The molecule has 112 valence electrons. The van der Waals surface area contributed by atoms with E-state index in [9.17, 15) is 0 Å². The number of nitrogens with one attached hydrogen (secondary N) is 1. The van der Waals surface area contributed by atoms with E-state index in [1.807, 2.05) is 0 Å². The maximum Gasteiger partial charge on any atom is 0.0775 e. The van der Waals surface area contributed by atoms with E-state index in [1.54, 1.807) is 0 Å². The van der Waals surface area contributed by atoms with E-state index < -0.39 is 16.1 Å². The fourth-order valence-electron chi connectivity index (χ4n) is 2.27. The standard InChI is InChI=1S/C18H27NSi2/c1-20(2,3)17-11-7-15(8-12-17)19-16-9-13-18(14-10-16)21(4,5)6/h7-14,19H,1-6H3. The number of hydrogen-bond acceptors (Lipinski definition) is 1. The molecule has 0 bridgehead atoms. The number of hydrogen-bond donors (Lipinski definition) is 1. The molecule has 0 aliphatic rings. The van der Waals surface area contributed by atoms with Gasteiger partial charge in [0, 0.05) is 11.4 Å². The largest absolute Gasteiger partial charge is 0.356 e. The zero-order valence-corrected chi connectivity index (χ0v) is 16.1. The van der Waals surface area contributed by atoms with Gasteiger partial charge in [0.25, 0.3) is 0 Å². The lowest BCUT2D eigenvalue weighted by atomic mass is 10.2. The third-order valence-electron chi connectivity index (χ3n) is 3.79. The van der Waals surface area contributed by atoms with Crippen LogP contribution < -0.4 is 15.7 Å². The number of benzene rings is 2. The second-order valence-electron chi connectivity index (χ2n) is 7.78. The predicted molar refractivity (Wildman–Crippen MR) is 102 cm³/mol. The molecule has 0 spiro atoms. The van der Waals surface area contributed by atoms with E-state index in [4.69, 9.17) is 0 Å². The molecule has 0 radical (unpaired) electrons. The first-order chi connectivity index (χ1) is 9.66. The van der Waals surface area contributed by atoms with Crippen molar-refractivity contribution in [3.63, 3.8) is 0 Å². The molecule has 0 fully saturated rings. The molecule has 1 nitrogen and oxygen atoms in total. The van der Waals surface area contributed by atoms with E-state index in [-0.39, 0.29) is 0 Å². The van der Waals surface area contributed by atoms with Crippen LogP contribution in [0.4, 0.5) is 11.4 Å². The van der Waals surface area contributed by atoms with E-state index in [0.29, 0.717) is 0 Å². The molecule has 0 unspecified atom stereocenters. The van der Waals surface area contributed by atoms with Crippen molar-refractivity contribution >= 4 is 37.9 Å². The highest BCUT2D eigenvalue weighted by atomic mass is 28.3. The Bertz CT molecular complexity index is 532. The molecule has 0 heterocycles. The minimum atomic E-state index is -1.20. The molecule has 0 aliphatic heterocycles. The second-order valence-corrected chi connectivity index (χ2v) is 17.9. The Balaban J connectivity index is 2.12. The molecule has 21 heavy (non-hydrogen) atoms. The summed E-state index contributed by atoms with van der Waals surface area (Å²) in [4.78, 5) is 0. The van der Waals surface area contributed by atoms with Crippen molar-refractivity contribution in [2.75, 3.05) is 5.32 Å². The first-order valence-electron chi connectivity index (χ1n) is 7.64. The lowest BCUT2D eigenvalue weighted by Crippen LogP contribution is -2.37. The summed E-state index contributed by atoms with van der Waals surface area (Å²) in [6, 6.07) is 17.9. The van der Waals surface area contributed by atoms with Crippen molar-refractivity contribution in [3.8, 4) is 0 Å². The summed E-state index contributed by atoms with van der Waals surface area (Å²) in [5.41, 5.74) is 2.33. The van der Waals surface area contributed by atoms with Gasteiger partial charge in [-0.25, -0.2) is 0 Å². The quantitative estimate of drug-likeness (QED) is 0.818. The maximum absolute atomic E-state index is 3.49. The highest BCUT2D eigenvalue weighted by Crippen LogP contribution is 2.16. The van der Waals surface area contributed by atoms with Gasteiger partial charge < -0.3 is 5.32 Å². The fourth-order valence-corrected chi connectivity index (χ4v) is 4.61. The van der Waals surface area contributed by atoms with Crippen LogP contribution >= 0.6 is 0 Å². The minimum Gasteiger partial charge on any atom is -0.356 e. The molecule has 0 saturated carbocycles. The molecule has 0 aromatic heterocycles. The number of rotatable bonds is 4. The zero-order valence-electron chi connectivity index (χ0n) is 14.1. The second kappa shape index (κ2) is 5.81. The van der Waals surface area contributed by atoms with Crippen LogP contribution in [0.1, 0.15) is 0 Å². The fraction of sp³-hybridized carbons (Fsp3) is 0.333. The van der Waals surface area contributed by atoms with Crippen LogP contribution in [0.15, 0.2) is 48.5 Å².